The molecule has 3 N–H and O–H groups in total. The van der Waals surface area contributed by atoms with Crippen LogP contribution in [0, 0.1) is 11.8 Å². The van der Waals surface area contributed by atoms with E-state index in [4.69, 9.17) is 9.84 Å². The number of amides is 2. The Balaban J connectivity index is 1.32. The number of carboxylic acids is 1. The molecule has 2 aliphatic rings. The minimum absolute atomic E-state index is 0.0759. The Morgan fingerprint density at radius 2 is 1.64 bits per heavy atom. The summed E-state index contributed by atoms with van der Waals surface area (Å²) >= 11 is 0. The first kappa shape index (κ1) is 22.7. The standard InChI is InChI=1S/C24H24F2N2O5/c1-2-19(21(29)27-11-18-20(22(30)31)24(18,25)26)28-23(32)33-12-17-15-9-5-3-7-13(15)14-8-4-6-10-16(14)17/h3-10,17-20H,2,11-12H2,1H3,(H,27,29)(H,28,32)(H,30,31). The molecule has 1 saturated carbocycles. The van der Waals surface area contributed by atoms with Gasteiger partial charge in [0.2, 0.25) is 5.91 Å². The fraction of sp³-hybridized carbons (Fsp3) is 0.375. The second-order valence-corrected chi connectivity index (χ2v) is 8.27. The zero-order valence-electron chi connectivity index (χ0n) is 17.9. The first-order valence-corrected chi connectivity index (χ1v) is 10.8. The molecule has 1 fully saturated rings. The molecule has 2 aromatic carbocycles. The van der Waals surface area contributed by atoms with Gasteiger partial charge in [-0.3, -0.25) is 9.59 Å². The molecule has 174 valence electrons. The van der Waals surface area contributed by atoms with Crippen molar-refractivity contribution >= 4 is 18.0 Å². The van der Waals surface area contributed by atoms with Gasteiger partial charge in [-0.05, 0) is 28.7 Å². The van der Waals surface area contributed by atoms with Crippen LogP contribution in [0.25, 0.3) is 11.1 Å². The fourth-order valence-electron chi connectivity index (χ4n) is 4.45. The number of carbonyl (C=O) groups is 3. The minimum atomic E-state index is -3.35. The quantitative estimate of drug-likeness (QED) is 0.563. The first-order chi connectivity index (χ1) is 15.8. The molecule has 7 nitrogen and oxygen atoms in total. The number of carboxylic acid groups (broad SMARTS) is 1. The van der Waals surface area contributed by atoms with E-state index in [1.54, 1.807) is 6.92 Å². The highest BCUT2D eigenvalue weighted by molar-refractivity contribution is 5.86. The van der Waals surface area contributed by atoms with Crippen molar-refractivity contribution in [3.63, 3.8) is 0 Å². The van der Waals surface area contributed by atoms with E-state index in [1.807, 2.05) is 48.5 Å². The molecule has 2 amide bonds. The molecule has 9 heteroatoms. The number of alkyl carbamates (subject to hydrolysis) is 1. The molecule has 0 heterocycles. The minimum Gasteiger partial charge on any atom is -0.481 e. The van der Waals surface area contributed by atoms with E-state index in [1.165, 1.54) is 0 Å². The molecule has 0 spiro atoms. The summed E-state index contributed by atoms with van der Waals surface area (Å²) < 4.78 is 32.4. The van der Waals surface area contributed by atoms with E-state index in [0.29, 0.717) is 0 Å². The first-order valence-electron chi connectivity index (χ1n) is 10.8. The number of aliphatic carboxylic acids is 1. The van der Waals surface area contributed by atoms with Crippen LogP contribution in [0.5, 0.6) is 0 Å². The van der Waals surface area contributed by atoms with Gasteiger partial charge in [0.25, 0.3) is 5.92 Å². The summed E-state index contributed by atoms with van der Waals surface area (Å²) in [5, 5.41) is 13.6. The summed E-state index contributed by atoms with van der Waals surface area (Å²) in [6, 6.07) is 14.8. The van der Waals surface area contributed by atoms with Crippen molar-refractivity contribution in [2.45, 2.75) is 31.2 Å². The monoisotopic (exact) mass is 458 g/mol. The van der Waals surface area contributed by atoms with Gasteiger partial charge in [0.05, 0.1) is 5.92 Å². The van der Waals surface area contributed by atoms with Gasteiger partial charge in [-0.2, -0.15) is 0 Å². The molecule has 2 aliphatic carbocycles. The number of nitrogens with one attached hydrogen (secondary N) is 2. The second kappa shape index (κ2) is 8.80. The predicted octanol–water partition coefficient (Wildman–Crippen LogP) is 3.39. The lowest BCUT2D eigenvalue weighted by molar-refractivity contribution is -0.141. The van der Waals surface area contributed by atoms with Gasteiger partial charge in [0.15, 0.2) is 0 Å². The number of carbonyl (C=O) groups excluding carboxylic acids is 2. The molecule has 0 aromatic heterocycles. The maximum absolute atomic E-state index is 13.5. The SMILES string of the molecule is CCC(NC(=O)OCC1c2ccccc2-c2ccccc21)C(=O)NCC1C(C(=O)O)C1(F)F. The van der Waals surface area contributed by atoms with Crippen LogP contribution >= 0.6 is 0 Å². The number of ether oxygens (including phenoxy) is 1. The average molecular weight is 458 g/mol. The third-order valence-electron chi connectivity index (χ3n) is 6.33. The lowest BCUT2D eigenvalue weighted by atomic mass is 9.98. The topological polar surface area (TPSA) is 105 Å². The molecular weight excluding hydrogens is 434 g/mol. The van der Waals surface area contributed by atoms with Gasteiger partial charge in [-0.25, -0.2) is 13.6 Å². The third-order valence-corrected chi connectivity index (χ3v) is 6.33. The number of hydrogen-bond acceptors (Lipinski definition) is 4. The van der Waals surface area contributed by atoms with E-state index in [-0.39, 0.29) is 18.9 Å². The van der Waals surface area contributed by atoms with Crippen molar-refractivity contribution in [1.29, 1.82) is 0 Å². The zero-order valence-corrected chi connectivity index (χ0v) is 17.9. The van der Waals surface area contributed by atoms with Crippen LogP contribution in [0.2, 0.25) is 0 Å². The normalized spacial score (nSPS) is 20.8. The number of rotatable bonds is 8. The van der Waals surface area contributed by atoms with Crippen molar-refractivity contribution in [2.24, 2.45) is 11.8 Å². The van der Waals surface area contributed by atoms with E-state index >= 15 is 0 Å². The average Bonchev–Trinajstić information content (AvgIpc) is 3.21. The number of hydrogen-bond donors (Lipinski definition) is 3. The van der Waals surface area contributed by atoms with Crippen LogP contribution in [0.4, 0.5) is 13.6 Å². The summed E-state index contributed by atoms with van der Waals surface area (Å²) in [5.41, 5.74) is 4.28. The van der Waals surface area contributed by atoms with Crippen LogP contribution in [0.15, 0.2) is 48.5 Å². The molecule has 4 rings (SSSR count). The molecular formula is C24H24F2N2O5. The van der Waals surface area contributed by atoms with E-state index in [2.05, 4.69) is 10.6 Å². The van der Waals surface area contributed by atoms with Crippen molar-refractivity contribution in [1.82, 2.24) is 10.6 Å². The highest BCUT2D eigenvalue weighted by Crippen LogP contribution is 2.54. The summed E-state index contributed by atoms with van der Waals surface area (Å²) in [6.07, 6.45) is -0.585. The van der Waals surface area contributed by atoms with Crippen LogP contribution in [-0.2, 0) is 14.3 Å². The largest absolute Gasteiger partial charge is 0.481 e. The van der Waals surface area contributed by atoms with Gasteiger partial charge in [0, 0.05) is 12.5 Å². The molecule has 33 heavy (non-hydrogen) atoms. The van der Waals surface area contributed by atoms with Gasteiger partial charge in [0.1, 0.15) is 18.6 Å². The Bertz CT molecular complexity index is 1040. The van der Waals surface area contributed by atoms with Gasteiger partial charge in [-0.15, -0.1) is 0 Å². The van der Waals surface area contributed by atoms with E-state index in [0.717, 1.165) is 22.3 Å². The second-order valence-electron chi connectivity index (χ2n) is 8.27. The smallest absolute Gasteiger partial charge is 0.407 e. The Kier molecular flexibility index (Phi) is 6.05. The molecule has 0 aliphatic heterocycles. The van der Waals surface area contributed by atoms with Crippen LogP contribution in [0.3, 0.4) is 0 Å². The lowest BCUT2D eigenvalue weighted by Crippen LogP contribution is -2.47. The van der Waals surface area contributed by atoms with Gasteiger partial charge >= 0.3 is 12.1 Å². The van der Waals surface area contributed by atoms with E-state index < -0.39 is 48.3 Å². The molecule has 3 unspecified atom stereocenters. The molecule has 0 radical (unpaired) electrons. The summed E-state index contributed by atoms with van der Waals surface area (Å²) in [4.78, 5) is 35.6. The molecule has 3 atom stereocenters. The zero-order chi connectivity index (χ0) is 23.8. The van der Waals surface area contributed by atoms with Gasteiger partial charge < -0.3 is 20.5 Å². The van der Waals surface area contributed by atoms with Crippen molar-refractivity contribution in [3.8, 4) is 11.1 Å². The number of fused-ring (bicyclic) bond motifs is 3. The predicted molar refractivity (Wildman–Crippen MR) is 115 cm³/mol. The lowest BCUT2D eigenvalue weighted by Gasteiger charge is -2.18. The van der Waals surface area contributed by atoms with Crippen molar-refractivity contribution < 1.29 is 33.0 Å². The number of alkyl halides is 2. The summed E-state index contributed by atoms with van der Waals surface area (Å²) in [7, 11) is 0. The molecule has 2 aromatic rings. The van der Waals surface area contributed by atoms with Crippen LogP contribution in [0.1, 0.15) is 30.4 Å². The number of benzene rings is 2. The van der Waals surface area contributed by atoms with Crippen molar-refractivity contribution in [3.05, 3.63) is 59.7 Å². The maximum Gasteiger partial charge on any atom is 0.407 e. The number of halogens is 2. The van der Waals surface area contributed by atoms with Crippen LogP contribution in [-0.4, -0.2) is 48.2 Å². The van der Waals surface area contributed by atoms with Crippen LogP contribution < -0.4 is 10.6 Å². The fourth-order valence-corrected chi connectivity index (χ4v) is 4.45. The van der Waals surface area contributed by atoms with Crippen molar-refractivity contribution in [2.75, 3.05) is 13.2 Å². The van der Waals surface area contributed by atoms with Gasteiger partial charge in [-0.1, -0.05) is 55.5 Å². The maximum atomic E-state index is 13.5. The third kappa shape index (κ3) is 4.27. The highest BCUT2D eigenvalue weighted by Gasteiger charge is 2.72. The Labute approximate surface area is 189 Å². The summed E-state index contributed by atoms with van der Waals surface area (Å²) in [5.74, 6) is -9.00. The Morgan fingerprint density at radius 3 is 2.15 bits per heavy atom. The Morgan fingerprint density at radius 1 is 1.06 bits per heavy atom. The Hall–Kier alpha value is -3.49. The highest BCUT2D eigenvalue weighted by atomic mass is 19.3. The summed E-state index contributed by atoms with van der Waals surface area (Å²) in [6.45, 7) is 1.25. The molecule has 0 saturated heterocycles. The molecule has 0 bridgehead atoms. The van der Waals surface area contributed by atoms with E-state index in [9.17, 15) is 23.2 Å².